The molecule has 0 heterocycles. The van der Waals surface area contributed by atoms with Gasteiger partial charge in [-0.05, 0) is 24.5 Å². The van der Waals surface area contributed by atoms with E-state index in [1.807, 2.05) is 0 Å². The van der Waals surface area contributed by atoms with E-state index in [1.165, 1.54) is 0 Å². The summed E-state index contributed by atoms with van der Waals surface area (Å²) in [6.07, 6.45) is -14.8. The summed E-state index contributed by atoms with van der Waals surface area (Å²) >= 11 is 0. The van der Waals surface area contributed by atoms with Crippen LogP contribution >= 0.6 is 0 Å². The first-order chi connectivity index (χ1) is 13.2. The predicted molar refractivity (Wildman–Crippen MR) is 74.5 cm³/mol. The predicted octanol–water partition coefficient (Wildman–Crippen LogP) is 7.42. The number of halogens is 14. The quantitative estimate of drug-likeness (QED) is 0.365. The third kappa shape index (κ3) is 4.18. The van der Waals surface area contributed by atoms with Gasteiger partial charge in [-0.25, -0.2) is 0 Å². The van der Waals surface area contributed by atoms with Crippen molar-refractivity contribution in [1.82, 2.24) is 0 Å². The molecule has 0 aromatic heterocycles. The first kappa shape index (κ1) is 26.3. The maximum Gasteiger partial charge on any atom is 0.460 e. The van der Waals surface area contributed by atoms with Crippen LogP contribution in [0.2, 0.25) is 0 Å². The highest BCUT2D eigenvalue weighted by molar-refractivity contribution is 5.39. The molecule has 0 atom stereocenters. The molecule has 173 valence electrons. The Morgan fingerprint density at radius 1 is 0.633 bits per heavy atom. The molecule has 1 rings (SSSR count). The summed E-state index contributed by atoms with van der Waals surface area (Å²) in [4.78, 5) is 0. The third-order valence-corrected chi connectivity index (χ3v) is 4.01. The zero-order valence-electron chi connectivity index (χ0n) is 14.4. The minimum atomic E-state index is -6.89. The van der Waals surface area contributed by atoms with E-state index in [2.05, 4.69) is 6.92 Å². The average Bonchev–Trinajstić information content (AvgIpc) is 2.57. The average molecular weight is 469 g/mol. The highest BCUT2D eigenvalue weighted by Crippen LogP contribution is 2.55. The summed E-state index contributed by atoms with van der Waals surface area (Å²) in [5.41, 5.74) is -6.05. The second-order valence-corrected chi connectivity index (χ2v) is 6.12. The monoisotopic (exact) mass is 469 g/mol. The van der Waals surface area contributed by atoms with E-state index in [0.717, 1.165) is 0 Å². The number of alkyl halides is 14. The maximum atomic E-state index is 14.1. The van der Waals surface area contributed by atoms with E-state index >= 15 is 0 Å². The molecule has 0 aliphatic heterocycles. The topological polar surface area (TPSA) is 0 Å². The zero-order valence-corrected chi connectivity index (χ0v) is 14.4. The fourth-order valence-electron chi connectivity index (χ4n) is 2.30. The molecule has 0 saturated carbocycles. The lowest BCUT2D eigenvalue weighted by atomic mass is 9.89. The Hall–Kier alpha value is -1.76. The van der Waals surface area contributed by atoms with Crippen LogP contribution in [0.5, 0.6) is 0 Å². The van der Waals surface area contributed by atoms with Gasteiger partial charge in [-0.15, -0.1) is 0 Å². The summed E-state index contributed by atoms with van der Waals surface area (Å²) < 4.78 is 183. The first-order valence-electron chi connectivity index (χ1n) is 7.74. The maximum absolute atomic E-state index is 14.1. The number of aryl methyl sites for hydroxylation is 1. The van der Waals surface area contributed by atoms with Gasteiger partial charge in [0.15, 0.2) is 0 Å². The number of hydrogen-bond acceptors (Lipinski definition) is 0. The normalized spacial score (nSPS) is 14.9. The minimum Gasteiger partial charge on any atom is -0.194 e. The van der Waals surface area contributed by atoms with Crippen LogP contribution in [0.1, 0.15) is 29.5 Å². The van der Waals surface area contributed by atoms with Gasteiger partial charge in [0.05, 0.1) is 0 Å². The van der Waals surface area contributed by atoms with E-state index in [0.29, 0.717) is 0 Å². The van der Waals surface area contributed by atoms with Gasteiger partial charge in [-0.1, -0.05) is 25.5 Å². The van der Waals surface area contributed by atoms with Gasteiger partial charge in [0.1, 0.15) is 0 Å². The molecule has 0 bridgehead atoms. The summed E-state index contributed by atoms with van der Waals surface area (Å²) in [5.74, 6) is -26.2. The first-order valence-corrected chi connectivity index (χ1v) is 7.74. The molecular formula is C16H11F14. The van der Waals surface area contributed by atoms with Crippen LogP contribution in [0.25, 0.3) is 0 Å². The lowest BCUT2D eigenvalue weighted by Gasteiger charge is -2.32. The van der Waals surface area contributed by atoms with Gasteiger partial charge in [-0.2, -0.15) is 61.5 Å². The lowest BCUT2D eigenvalue weighted by Crippen LogP contribution is -2.51. The standard InChI is InChI=1S/C16H11F14/c1-2-3-4-8-5-6-9(11(17,18)13(21,22)15(25,26)27)7-10(8)12(19,20)14(23,24)16(28,29)30/h5-7H,1-4H2. The van der Waals surface area contributed by atoms with Crippen LogP contribution < -0.4 is 0 Å². The van der Waals surface area contributed by atoms with Gasteiger partial charge in [0, 0.05) is 11.1 Å². The van der Waals surface area contributed by atoms with Crippen molar-refractivity contribution in [3.8, 4) is 0 Å². The molecule has 1 aromatic rings. The van der Waals surface area contributed by atoms with E-state index in [4.69, 9.17) is 0 Å². The van der Waals surface area contributed by atoms with Gasteiger partial charge in [-0.3, -0.25) is 0 Å². The van der Waals surface area contributed by atoms with Crippen molar-refractivity contribution >= 4 is 0 Å². The van der Waals surface area contributed by atoms with E-state index in [9.17, 15) is 61.5 Å². The van der Waals surface area contributed by atoms with E-state index in [-0.39, 0.29) is 25.0 Å². The van der Waals surface area contributed by atoms with Gasteiger partial charge < -0.3 is 0 Å². The van der Waals surface area contributed by atoms with Crippen molar-refractivity contribution in [2.75, 3.05) is 0 Å². The molecule has 0 nitrogen and oxygen atoms in total. The molecule has 0 saturated heterocycles. The summed E-state index contributed by atoms with van der Waals surface area (Å²) in [6, 6.07) is -0.998. The fourth-order valence-corrected chi connectivity index (χ4v) is 2.30. The van der Waals surface area contributed by atoms with Gasteiger partial charge in [0.25, 0.3) is 0 Å². The minimum absolute atomic E-state index is 0.0705. The Morgan fingerprint density at radius 2 is 1.07 bits per heavy atom. The molecule has 0 aliphatic carbocycles. The van der Waals surface area contributed by atoms with Crippen molar-refractivity contribution in [2.45, 2.75) is 55.3 Å². The second kappa shape index (κ2) is 7.74. The van der Waals surface area contributed by atoms with Crippen molar-refractivity contribution in [3.63, 3.8) is 0 Å². The second-order valence-electron chi connectivity index (χ2n) is 6.12. The molecule has 1 aromatic carbocycles. The Balaban J connectivity index is 3.78. The summed E-state index contributed by atoms with van der Waals surface area (Å²) in [5, 5.41) is 0. The zero-order chi connectivity index (χ0) is 24.0. The SMILES string of the molecule is [CH2]CCCc1ccc(C(F)(F)C(F)(F)C(F)(F)F)cc1C(F)(F)C(F)(F)C(F)(F)F. The molecular weight excluding hydrogens is 458 g/mol. The molecule has 0 amide bonds. The molecule has 0 spiro atoms. The molecule has 0 unspecified atom stereocenters. The lowest BCUT2D eigenvalue weighted by molar-refractivity contribution is -0.361. The Kier molecular flexibility index (Phi) is 6.78. The summed E-state index contributed by atoms with van der Waals surface area (Å²) in [7, 11) is 0. The number of rotatable bonds is 7. The molecule has 0 N–H and O–H groups in total. The van der Waals surface area contributed by atoms with Crippen molar-refractivity contribution in [3.05, 3.63) is 41.8 Å². The number of benzene rings is 1. The smallest absolute Gasteiger partial charge is 0.194 e. The third-order valence-electron chi connectivity index (χ3n) is 4.01. The Labute approximate surface area is 159 Å². The van der Waals surface area contributed by atoms with Crippen LogP contribution in [0.15, 0.2) is 18.2 Å². The highest BCUT2D eigenvalue weighted by atomic mass is 19.4. The Morgan fingerprint density at radius 3 is 1.47 bits per heavy atom. The van der Waals surface area contributed by atoms with Gasteiger partial charge >= 0.3 is 36.0 Å². The molecule has 0 aliphatic rings. The van der Waals surface area contributed by atoms with Crippen molar-refractivity contribution < 1.29 is 61.5 Å². The van der Waals surface area contributed by atoms with Gasteiger partial charge in [0.2, 0.25) is 0 Å². The fraction of sp³-hybridized carbons (Fsp3) is 0.562. The van der Waals surface area contributed by atoms with E-state index in [1.54, 1.807) is 0 Å². The van der Waals surface area contributed by atoms with Crippen LogP contribution in [-0.2, 0) is 18.3 Å². The molecule has 14 heteroatoms. The summed E-state index contributed by atoms with van der Waals surface area (Å²) in [6.45, 7) is 3.24. The highest BCUT2D eigenvalue weighted by Gasteiger charge is 2.75. The van der Waals surface area contributed by atoms with Crippen LogP contribution in [-0.4, -0.2) is 24.2 Å². The van der Waals surface area contributed by atoms with E-state index < -0.39 is 65.2 Å². The van der Waals surface area contributed by atoms with Crippen molar-refractivity contribution in [1.29, 1.82) is 0 Å². The number of unbranched alkanes of at least 4 members (excludes halogenated alkanes) is 1. The molecule has 1 radical (unpaired) electrons. The van der Waals surface area contributed by atoms with Crippen LogP contribution in [0.4, 0.5) is 61.5 Å². The number of hydrogen-bond donors (Lipinski definition) is 0. The Bertz CT molecular complexity index is 741. The van der Waals surface area contributed by atoms with Crippen LogP contribution in [0.3, 0.4) is 0 Å². The van der Waals surface area contributed by atoms with Crippen molar-refractivity contribution in [2.24, 2.45) is 0 Å². The largest absolute Gasteiger partial charge is 0.460 e. The van der Waals surface area contributed by atoms with Crippen LogP contribution in [0, 0.1) is 6.92 Å². The molecule has 30 heavy (non-hydrogen) atoms. The molecule has 0 fully saturated rings.